The summed E-state index contributed by atoms with van der Waals surface area (Å²) in [6.07, 6.45) is 1.74. The molecule has 50 heavy (non-hydrogen) atoms. The highest BCUT2D eigenvalue weighted by Gasteiger charge is 2.39. The first-order chi connectivity index (χ1) is 23.8. The number of phenolic OH excluding ortho intramolecular Hbond substituents is 1. The molecule has 3 aromatic carbocycles. The Hall–Kier alpha value is -5.65. The second-order valence-corrected chi connectivity index (χ2v) is 13.0. The van der Waals surface area contributed by atoms with Gasteiger partial charge in [0.05, 0.1) is 7.11 Å². The summed E-state index contributed by atoms with van der Waals surface area (Å²) in [6, 6.07) is 21.1. The fourth-order valence-corrected chi connectivity index (χ4v) is 5.53. The number of hydrogen-bond acceptors (Lipinski definition) is 8. The van der Waals surface area contributed by atoms with Crippen LogP contribution in [0.15, 0.2) is 90.6 Å². The second-order valence-electron chi connectivity index (χ2n) is 13.0. The number of carbonyl (C=O) groups is 5. The van der Waals surface area contributed by atoms with E-state index in [1.54, 1.807) is 57.2 Å². The third-order valence-electron chi connectivity index (χ3n) is 7.89. The van der Waals surface area contributed by atoms with Crippen LogP contribution in [-0.2, 0) is 41.5 Å². The van der Waals surface area contributed by atoms with Crippen molar-refractivity contribution in [3.05, 3.63) is 107 Å². The molecule has 0 aromatic heterocycles. The van der Waals surface area contributed by atoms with E-state index in [4.69, 9.17) is 9.47 Å². The van der Waals surface area contributed by atoms with Crippen LogP contribution in [0.2, 0.25) is 0 Å². The summed E-state index contributed by atoms with van der Waals surface area (Å²) in [7, 11) is 1.23. The van der Waals surface area contributed by atoms with Crippen molar-refractivity contribution in [2.24, 2.45) is 0 Å². The van der Waals surface area contributed by atoms with Crippen LogP contribution in [0, 0.1) is 0 Å². The van der Waals surface area contributed by atoms with E-state index in [1.165, 1.54) is 30.2 Å². The molecule has 1 aliphatic rings. The average Bonchev–Trinajstić information content (AvgIpc) is 3.58. The van der Waals surface area contributed by atoms with Gasteiger partial charge in [0.1, 0.15) is 35.2 Å². The Kier molecular flexibility index (Phi) is 12.7. The van der Waals surface area contributed by atoms with Gasteiger partial charge in [-0.1, -0.05) is 72.8 Å². The Morgan fingerprint density at radius 1 is 0.860 bits per heavy atom. The molecule has 4 N–H and O–H groups in total. The van der Waals surface area contributed by atoms with Gasteiger partial charge in [0, 0.05) is 19.4 Å². The minimum Gasteiger partial charge on any atom is -0.508 e. The lowest BCUT2D eigenvalue weighted by Crippen LogP contribution is -2.55. The van der Waals surface area contributed by atoms with Gasteiger partial charge in [-0.05, 0) is 68.5 Å². The molecule has 1 aliphatic heterocycles. The van der Waals surface area contributed by atoms with Crippen molar-refractivity contribution in [2.45, 2.75) is 70.2 Å². The number of hydrogen-bond donors (Lipinski definition) is 4. The molecule has 4 amide bonds. The van der Waals surface area contributed by atoms with E-state index in [9.17, 15) is 29.1 Å². The molecule has 0 saturated carbocycles. The van der Waals surface area contributed by atoms with E-state index < -0.39 is 53.5 Å². The van der Waals surface area contributed by atoms with E-state index in [-0.39, 0.29) is 30.8 Å². The van der Waals surface area contributed by atoms with Crippen molar-refractivity contribution in [1.29, 1.82) is 0 Å². The molecule has 1 fully saturated rings. The molecule has 3 atom stereocenters. The van der Waals surface area contributed by atoms with E-state index in [0.29, 0.717) is 24.0 Å². The summed E-state index contributed by atoms with van der Waals surface area (Å²) in [5, 5.41) is 17.8. The number of methoxy groups -OCH3 is 1. The van der Waals surface area contributed by atoms with E-state index >= 15 is 0 Å². The highest BCUT2D eigenvalue weighted by molar-refractivity contribution is 6.04. The van der Waals surface area contributed by atoms with Gasteiger partial charge >= 0.3 is 12.1 Å². The number of ether oxygens (including phenoxy) is 2. The zero-order valence-electron chi connectivity index (χ0n) is 28.7. The largest absolute Gasteiger partial charge is 0.508 e. The third-order valence-corrected chi connectivity index (χ3v) is 7.89. The molecule has 1 heterocycles. The molecular weight excluding hydrogens is 640 g/mol. The number of phenols is 1. The van der Waals surface area contributed by atoms with Crippen LogP contribution in [0.1, 0.15) is 50.3 Å². The predicted molar refractivity (Wildman–Crippen MR) is 186 cm³/mol. The summed E-state index contributed by atoms with van der Waals surface area (Å²) in [5.74, 6) is -2.44. The highest BCUT2D eigenvalue weighted by Crippen LogP contribution is 2.22. The monoisotopic (exact) mass is 684 g/mol. The number of alkyl carbamates (subject to hydrolysis) is 1. The van der Waals surface area contributed by atoms with Crippen molar-refractivity contribution in [2.75, 3.05) is 13.7 Å². The van der Waals surface area contributed by atoms with Gasteiger partial charge in [-0.3, -0.25) is 14.4 Å². The number of nitrogens with one attached hydrogen (secondary N) is 3. The van der Waals surface area contributed by atoms with Crippen LogP contribution in [0.4, 0.5) is 4.79 Å². The lowest BCUT2D eigenvalue weighted by atomic mass is 10.0. The van der Waals surface area contributed by atoms with Gasteiger partial charge in [0.2, 0.25) is 11.8 Å². The number of esters is 1. The lowest BCUT2D eigenvalue weighted by Gasteiger charge is -2.30. The minimum absolute atomic E-state index is 0.0503. The van der Waals surface area contributed by atoms with Crippen LogP contribution >= 0.6 is 0 Å². The quantitative estimate of drug-likeness (QED) is 0.165. The summed E-state index contributed by atoms with van der Waals surface area (Å²) < 4.78 is 10.4. The number of aromatic hydroxyl groups is 1. The summed E-state index contributed by atoms with van der Waals surface area (Å²) in [4.78, 5) is 68.6. The Labute approximate surface area is 291 Å². The maximum atomic E-state index is 14.1. The van der Waals surface area contributed by atoms with E-state index in [0.717, 1.165) is 5.56 Å². The highest BCUT2D eigenvalue weighted by atomic mass is 16.6. The maximum absolute atomic E-state index is 14.1. The normalized spacial score (nSPS) is 15.7. The van der Waals surface area contributed by atoms with Gasteiger partial charge in [-0.2, -0.15) is 0 Å². The summed E-state index contributed by atoms with van der Waals surface area (Å²) in [6.45, 7) is 5.35. The zero-order valence-corrected chi connectivity index (χ0v) is 28.7. The van der Waals surface area contributed by atoms with E-state index in [2.05, 4.69) is 16.0 Å². The maximum Gasteiger partial charge on any atom is 0.408 e. The van der Waals surface area contributed by atoms with Gasteiger partial charge in [-0.25, -0.2) is 9.59 Å². The molecule has 12 nitrogen and oxygen atoms in total. The molecule has 0 aliphatic carbocycles. The lowest BCUT2D eigenvalue weighted by molar-refractivity contribution is -0.144. The smallest absolute Gasteiger partial charge is 0.408 e. The van der Waals surface area contributed by atoms with Gasteiger partial charge in [0.25, 0.3) is 5.91 Å². The third kappa shape index (κ3) is 10.9. The number of nitrogens with zero attached hydrogens (tertiary/aromatic N) is 1. The number of amides is 4. The van der Waals surface area contributed by atoms with Crippen molar-refractivity contribution in [3.63, 3.8) is 0 Å². The van der Waals surface area contributed by atoms with Gasteiger partial charge in [0.15, 0.2) is 0 Å². The molecule has 0 bridgehead atoms. The van der Waals surface area contributed by atoms with Crippen molar-refractivity contribution >= 4 is 35.9 Å². The zero-order chi connectivity index (χ0) is 36.3. The first-order valence-electron chi connectivity index (χ1n) is 16.4. The van der Waals surface area contributed by atoms with Crippen LogP contribution in [0.25, 0.3) is 6.08 Å². The molecule has 1 saturated heterocycles. The summed E-state index contributed by atoms with van der Waals surface area (Å²) in [5.41, 5.74) is 1.13. The molecule has 0 spiro atoms. The molecule has 4 rings (SSSR count). The van der Waals surface area contributed by atoms with Gasteiger partial charge < -0.3 is 35.4 Å². The van der Waals surface area contributed by atoms with Crippen LogP contribution < -0.4 is 16.0 Å². The Bertz CT molecular complexity index is 1670. The predicted octanol–water partition coefficient (Wildman–Crippen LogP) is 3.88. The van der Waals surface area contributed by atoms with Crippen molar-refractivity contribution in [3.8, 4) is 5.75 Å². The Balaban J connectivity index is 1.57. The van der Waals surface area contributed by atoms with Crippen molar-refractivity contribution < 1.29 is 38.6 Å². The topological polar surface area (TPSA) is 163 Å². The molecule has 3 aromatic rings. The number of carbonyl (C=O) groups excluding carboxylic acids is 5. The number of benzene rings is 3. The molecule has 12 heteroatoms. The van der Waals surface area contributed by atoms with Crippen LogP contribution in [-0.4, -0.2) is 77.2 Å². The molecule has 264 valence electrons. The summed E-state index contributed by atoms with van der Waals surface area (Å²) >= 11 is 0. The Morgan fingerprint density at radius 3 is 2.08 bits per heavy atom. The Morgan fingerprint density at radius 2 is 1.46 bits per heavy atom. The molecule has 0 radical (unpaired) electrons. The number of rotatable bonds is 12. The van der Waals surface area contributed by atoms with Crippen molar-refractivity contribution in [1.82, 2.24) is 20.9 Å². The standard InChI is InChI=1S/C38H44N4O8/c1-38(2,3)50-37(48)41-30(23-27-17-19-28(43)20-18-27)35(46)42-21-11-16-32(42)34(45)39-29(22-25-12-7-5-8-13-25)33(44)40-31(36(47)49-4)24-26-14-9-6-10-15-26/h5-10,12-15,17-20,22,30-32,43H,11,16,21,23-24H2,1-4H3,(H,39,45)(H,40,44)(H,41,48)/b29-22-/t30-,31-,32-/m0/s1. The minimum atomic E-state index is -1.09. The van der Waals surface area contributed by atoms with Crippen LogP contribution in [0.5, 0.6) is 5.75 Å². The first kappa shape index (κ1) is 37.2. The SMILES string of the molecule is COC(=O)[C@H](Cc1ccccc1)NC(=O)/C(=C/c1ccccc1)NC(=O)[C@@H]1CCCN1C(=O)[C@H](Cc1ccc(O)cc1)NC(=O)OC(C)(C)C. The fourth-order valence-electron chi connectivity index (χ4n) is 5.53. The first-order valence-corrected chi connectivity index (χ1v) is 16.4. The molecular formula is C38H44N4O8. The molecule has 0 unspecified atom stereocenters. The van der Waals surface area contributed by atoms with Gasteiger partial charge in [-0.15, -0.1) is 0 Å². The average molecular weight is 685 g/mol. The van der Waals surface area contributed by atoms with E-state index in [1.807, 2.05) is 36.4 Å². The van der Waals surface area contributed by atoms with Crippen LogP contribution in [0.3, 0.4) is 0 Å². The second kappa shape index (κ2) is 17.1. The number of likely N-dealkylation sites (tertiary alicyclic amines) is 1. The fraction of sp³-hybridized carbons (Fsp3) is 0.342.